The minimum Gasteiger partial charge on any atom is -0.340 e. The molecule has 1 saturated heterocycles. The number of carbonyl (C=O) groups is 1. The van der Waals surface area contributed by atoms with Gasteiger partial charge in [0.2, 0.25) is 5.91 Å². The Balaban J connectivity index is 1.56. The van der Waals surface area contributed by atoms with Crippen molar-refractivity contribution in [3.05, 3.63) is 35.4 Å². The number of hydrogen-bond acceptors (Lipinski definition) is 2. The van der Waals surface area contributed by atoms with Gasteiger partial charge in [0.1, 0.15) is 0 Å². The first kappa shape index (κ1) is 11.5. The van der Waals surface area contributed by atoms with Crippen molar-refractivity contribution in [2.45, 2.75) is 24.7 Å². The van der Waals surface area contributed by atoms with Gasteiger partial charge in [-0.3, -0.25) is 4.79 Å². The SMILES string of the molecule is O=C(C1CC12CCc1ccccc12)N1CCNCC1. The zero-order valence-electron chi connectivity index (χ0n) is 11.2. The van der Waals surface area contributed by atoms with Crippen molar-refractivity contribution in [1.29, 1.82) is 0 Å². The predicted octanol–water partition coefficient (Wildman–Crippen LogP) is 1.32. The Morgan fingerprint density at radius 3 is 2.89 bits per heavy atom. The molecule has 1 aromatic carbocycles. The highest BCUT2D eigenvalue weighted by molar-refractivity contribution is 5.85. The van der Waals surface area contributed by atoms with Gasteiger partial charge in [-0.15, -0.1) is 0 Å². The number of nitrogens with one attached hydrogen (secondary N) is 1. The van der Waals surface area contributed by atoms with Crippen LogP contribution >= 0.6 is 0 Å². The summed E-state index contributed by atoms with van der Waals surface area (Å²) >= 11 is 0. The number of aryl methyl sites for hydroxylation is 1. The maximum atomic E-state index is 12.6. The number of hydrogen-bond donors (Lipinski definition) is 1. The number of fused-ring (bicyclic) bond motifs is 2. The first-order chi connectivity index (χ1) is 9.31. The van der Waals surface area contributed by atoms with Crippen LogP contribution < -0.4 is 5.32 Å². The number of benzene rings is 1. The molecule has 4 rings (SSSR count). The van der Waals surface area contributed by atoms with E-state index in [1.165, 1.54) is 17.5 Å². The van der Waals surface area contributed by atoms with E-state index in [1.807, 2.05) is 0 Å². The highest BCUT2D eigenvalue weighted by Gasteiger charge is 2.61. The third kappa shape index (κ3) is 1.64. The minimum atomic E-state index is 0.207. The quantitative estimate of drug-likeness (QED) is 0.822. The van der Waals surface area contributed by atoms with Crippen LogP contribution in [0, 0.1) is 5.92 Å². The van der Waals surface area contributed by atoms with Gasteiger partial charge in [-0.05, 0) is 30.4 Å². The van der Waals surface area contributed by atoms with Crippen molar-refractivity contribution in [3.8, 4) is 0 Å². The van der Waals surface area contributed by atoms with Gasteiger partial charge in [-0.25, -0.2) is 0 Å². The summed E-state index contributed by atoms with van der Waals surface area (Å²) in [6.07, 6.45) is 3.41. The maximum absolute atomic E-state index is 12.6. The third-order valence-electron chi connectivity index (χ3n) is 5.20. The topological polar surface area (TPSA) is 32.3 Å². The van der Waals surface area contributed by atoms with Gasteiger partial charge in [0, 0.05) is 37.5 Å². The molecule has 2 fully saturated rings. The van der Waals surface area contributed by atoms with E-state index in [-0.39, 0.29) is 11.3 Å². The molecule has 0 bridgehead atoms. The molecule has 1 aliphatic heterocycles. The van der Waals surface area contributed by atoms with Gasteiger partial charge in [0.15, 0.2) is 0 Å². The van der Waals surface area contributed by atoms with E-state index in [9.17, 15) is 4.79 Å². The van der Waals surface area contributed by atoms with Gasteiger partial charge < -0.3 is 10.2 Å². The largest absolute Gasteiger partial charge is 0.340 e. The summed E-state index contributed by atoms with van der Waals surface area (Å²) in [5.41, 5.74) is 3.14. The smallest absolute Gasteiger partial charge is 0.226 e. The molecule has 2 unspecified atom stereocenters. The summed E-state index contributed by atoms with van der Waals surface area (Å²) in [7, 11) is 0. The van der Waals surface area contributed by atoms with Crippen LogP contribution in [0.2, 0.25) is 0 Å². The molecule has 19 heavy (non-hydrogen) atoms. The fraction of sp³-hybridized carbons (Fsp3) is 0.562. The lowest BCUT2D eigenvalue weighted by molar-refractivity contribution is -0.133. The second-order valence-electron chi connectivity index (χ2n) is 6.15. The third-order valence-corrected chi connectivity index (χ3v) is 5.20. The van der Waals surface area contributed by atoms with Gasteiger partial charge in [-0.1, -0.05) is 24.3 Å². The second kappa shape index (κ2) is 4.07. The highest BCUT2D eigenvalue weighted by atomic mass is 16.2. The predicted molar refractivity (Wildman–Crippen MR) is 74.0 cm³/mol. The van der Waals surface area contributed by atoms with E-state index in [0.29, 0.717) is 5.91 Å². The van der Waals surface area contributed by atoms with E-state index in [4.69, 9.17) is 0 Å². The molecule has 1 amide bonds. The van der Waals surface area contributed by atoms with Crippen molar-refractivity contribution >= 4 is 5.91 Å². The second-order valence-corrected chi connectivity index (χ2v) is 6.15. The average molecular weight is 256 g/mol. The van der Waals surface area contributed by atoms with Crippen molar-refractivity contribution in [1.82, 2.24) is 10.2 Å². The van der Waals surface area contributed by atoms with Crippen molar-refractivity contribution in [3.63, 3.8) is 0 Å². The van der Waals surface area contributed by atoms with E-state index in [1.54, 1.807) is 0 Å². The van der Waals surface area contributed by atoms with Gasteiger partial charge in [0.05, 0.1) is 0 Å². The first-order valence-electron chi connectivity index (χ1n) is 7.39. The summed E-state index contributed by atoms with van der Waals surface area (Å²) in [5, 5.41) is 3.31. The zero-order chi connectivity index (χ0) is 12.9. The molecule has 3 heteroatoms. The summed E-state index contributed by atoms with van der Waals surface area (Å²) in [4.78, 5) is 14.7. The molecule has 3 aliphatic rings. The normalized spacial score (nSPS) is 32.4. The number of nitrogens with zero attached hydrogens (tertiary/aromatic N) is 1. The van der Waals surface area contributed by atoms with Crippen molar-refractivity contribution in [2.24, 2.45) is 5.92 Å². The summed E-state index contributed by atoms with van der Waals surface area (Å²) < 4.78 is 0. The fourth-order valence-corrected chi connectivity index (χ4v) is 4.02. The van der Waals surface area contributed by atoms with Crippen LogP contribution in [-0.4, -0.2) is 37.0 Å². The average Bonchev–Trinajstić information content (AvgIpc) is 3.09. The van der Waals surface area contributed by atoms with E-state index < -0.39 is 0 Å². The molecule has 2 atom stereocenters. The Labute approximate surface area is 114 Å². The number of rotatable bonds is 1. The number of carbonyl (C=O) groups excluding carboxylic acids is 1. The molecular weight excluding hydrogens is 236 g/mol. The van der Waals surface area contributed by atoms with Crippen LogP contribution in [0.5, 0.6) is 0 Å². The van der Waals surface area contributed by atoms with Crippen LogP contribution in [0.3, 0.4) is 0 Å². The molecule has 0 radical (unpaired) electrons. The standard InChI is InChI=1S/C16H20N2O/c19-15(18-9-7-17-8-10-18)14-11-16(14)6-5-12-3-1-2-4-13(12)16/h1-4,14,17H,5-11H2. The Kier molecular flexibility index (Phi) is 2.46. The molecule has 2 aliphatic carbocycles. The van der Waals surface area contributed by atoms with Crippen LogP contribution in [0.4, 0.5) is 0 Å². The Morgan fingerprint density at radius 2 is 2.05 bits per heavy atom. The maximum Gasteiger partial charge on any atom is 0.226 e. The lowest BCUT2D eigenvalue weighted by Gasteiger charge is -2.28. The van der Waals surface area contributed by atoms with Crippen LogP contribution in [0.15, 0.2) is 24.3 Å². The van der Waals surface area contributed by atoms with Gasteiger partial charge in [0.25, 0.3) is 0 Å². The minimum absolute atomic E-state index is 0.207. The highest BCUT2D eigenvalue weighted by Crippen LogP contribution is 2.61. The molecule has 1 spiro atoms. The molecule has 3 nitrogen and oxygen atoms in total. The zero-order valence-corrected chi connectivity index (χ0v) is 11.2. The van der Waals surface area contributed by atoms with E-state index in [2.05, 4.69) is 34.5 Å². The lowest BCUT2D eigenvalue weighted by Crippen LogP contribution is -2.47. The van der Waals surface area contributed by atoms with Crippen LogP contribution in [0.1, 0.15) is 24.0 Å². The molecule has 1 aromatic rings. The van der Waals surface area contributed by atoms with Crippen LogP contribution in [-0.2, 0) is 16.6 Å². The monoisotopic (exact) mass is 256 g/mol. The molecule has 1 N–H and O–H groups in total. The Morgan fingerprint density at radius 1 is 1.26 bits per heavy atom. The Bertz CT molecular complexity index is 521. The number of piperazine rings is 1. The van der Waals surface area contributed by atoms with E-state index in [0.717, 1.165) is 39.0 Å². The van der Waals surface area contributed by atoms with Crippen molar-refractivity contribution in [2.75, 3.05) is 26.2 Å². The molecule has 1 heterocycles. The van der Waals surface area contributed by atoms with Crippen LogP contribution in [0.25, 0.3) is 0 Å². The summed E-state index contributed by atoms with van der Waals surface area (Å²) in [6.45, 7) is 3.66. The number of amides is 1. The van der Waals surface area contributed by atoms with Gasteiger partial charge >= 0.3 is 0 Å². The first-order valence-corrected chi connectivity index (χ1v) is 7.39. The Hall–Kier alpha value is -1.35. The molecule has 1 saturated carbocycles. The van der Waals surface area contributed by atoms with Gasteiger partial charge in [-0.2, -0.15) is 0 Å². The fourth-order valence-electron chi connectivity index (χ4n) is 4.02. The lowest BCUT2D eigenvalue weighted by atomic mass is 9.95. The molecular formula is C16H20N2O. The van der Waals surface area contributed by atoms with Crippen molar-refractivity contribution < 1.29 is 4.79 Å². The van der Waals surface area contributed by atoms with E-state index >= 15 is 0 Å². The summed E-state index contributed by atoms with van der Waals surface area (Å²) in [5.74, 6) is 0.660. The molecule has 100 valence electrons. The summed E-state index contributed by atoms with van der Waals surface area (Å²) in [6, 6.07) is 8.71. The molecule has 0 aromatic heterocycles.